The van der Waals surface area contributed by atoms with E-state index in [0.29, 0.717) is 15.8 Å². The molecule has 1 aliphatic heterocycles. The van der Waals surface area contributed by atoms with Gasteiger partial charge in [0.05, 0.1) is 4.91 Å². The van der Waals surface area contributed by atoms with Crippen LogP contribution in [0.2, 0.25) is 0 Å². The second kappa shape index (κ2) is 7.33. The molecular weight excluding hydrogens is 372 g/mol. The number of hydrogen-bond donors (Lipinski definition) is 0. The van der Waals surface area contributed by atoms with Gasteiger partial charge >= 0.3 is 0 Å². The number of benzene rings is 2. The molecule has 2 heterocycles. The number of thiocarbonyl (C=S) groups is 1. The zero-order valence-electron chi connectivity index (χ0n) is 15.3. The van der Waals surface area contributed by atoms with Crippen LogP contribution in [0.3, 0.4) is 0 Å². The van der Waals surface area contributed by atoms with Crippen LogP contribution in [0.25, 0.3) is 17.0 Å². The van der Waals surface area contributed by atoms with Crippen LogP contribution >= 0.6 is 24.0 Å². The van der Waals surface area contributed by atoms with Crippen molar-refractivity contribution in [2.45, 2.75) is 20.4 Å². The van der Waals surface area contributed by atoms with Gasteiger partial charge in [0.25, 0.3) is 5.91 Å². The first-order valence-electron chi connectivity index (χ1n) is 8.95. The Hall–Kier alpha value is -2.37. The standard InChI is InChI=1S/C22H20N2OS2/c1-3-24-21(25)20(27-22(24)26)12-17-14-23(19-10-5-4-9-18(17)19)13-16-8-6-7-15(2)11-16/h4-12,14H,3,13H2,1-2H3. The summed E-state index contributed by atoms with van der Waals surface area (Å²) in [6.45, 7) is 5.46. The highest BCUT2D eigenvalue weighted by Crippen LogP contribution is 2.34. The Morgan fingerprint density at radius 1 is 1.15 bits per heavy atom. The highest BCUT2D eigenvalue weighted by Gasteiger charge is 2.30. The largest absolute Gasteiger partial charge is 0.342 e. The van der Waals surface area contributed by atoms with Gasteiger partial charge in [0.2, 0.25) is 0 Å². The zero-order chi connectivity index (χ0) is 19.0. The summed E-state index contributed by atoms with van der Waals surface area (Å²) in [7, 11) is 0. The van der Waals surface area contributed by atoms with Gasteiger partial charge in [-0.2, -0.15) is 0 Å². The summed E-state index contributed by atoms with van der Waals surface area (Å²) in [4.78, 5) is 14.9. The van der Waals surface area contributed by atoms with Gasteiger partial charge in [0.15, 0.2) is 0 Å². The fourth-order valence-corrected chi connectivity index (χ4v) is 4.82. The van der Waals surface area contributed by atoms with Crippen molar-refractivity contribution in [3.05, 3.63) is 76.3 Å². The van der Waals surface area contributed by atoms with Crippen molar-refractivity contribution in [2.75, 3.05) is 6.54 Å². The van der Waals surface area contributed by atoms with Crippen molar-refractivity contribution in [1.82, 2.24) is 9.47 Å². The average molecular weight is 393 g/mol. The van der Waals surface area contributed by atoms with E-state index in [0.717, 1.165) is 23.0 Å². The van der Waals surface area contributed by atoms with Crippen LogP contribution in [0, 0.1) is 6.92 Å². The minimum Gasteiger partial charge on any atom is -0.342 e. The average Bonchev–Trinajstić information content (AvgIpc) is 3.13. The Morgan fingerprint density at radius 2 is 1.96 bits per heavy atom. The third kappa shape index (κ3) is 3.45. The molecule has 27 heavy (non-hydrogen) atoms. The lowest BCUT2D eigenvalue weighted by molar-refractivity contribution is -0.121. The van der Waals surface area contributed by atoms with Crippen molar-refractivity contribution in [3.8, 4) is 0 Å². The predicted octanol–water partition coefficient (Wildman–Crippen LogP) is 5.22. The number of hydrogen-bond acceptors (Lipinski definition) is 3. The normalized spacial score (nSPS) is 16.1. The third-order valence-electron chi connectivity index (χ3n) is 4.73. The lowest BCUT2D eigenvalue weighted by atomic mass is 10.1. The van der Waals surface area contributed by atoms with E-state index in [1.54, 1.807) is 4.90 Å². The van der Waals surface area contributed by atoms with E-state index in [4.69, 9.17) is 12.2 Å². The minimum atomic E-state index is 0.00279. The lowest BCUT2D eigenvalue weighted by Gasteiger charge is -2.09. The molecule has 0 aliphatic carbocycles. The second-order valence-electron chi connectivity index (χ2n) is 6.64. The number of amides is 1. The van der Waals surface area contributed by atoms with Crippen LogP contribution in [-0.4, -0.2) is 26.2 Å². The monoisotopic (exact) mass is 392 g/mol. The molecule has 0 bridgehead atoms. The van der Waals surface area contributed by atoms with Crippen molar-refractivity contribution in [3.63, 3.8) is 0 Å². The number of carbonyl (C=O) groups is 1. The van der Waals surface area contributed by atoms with Crippen LogP contribution < -0.4 is 0 Å². The molecule has 0 unspecified atom stereocenters. The van der Waals surface area contributed by atoms with Crippen molar-refractivity contribution in [2.24, 2.45) is 0 Å². The highest BCUT2D eigenvalue weighted by molar-refractivity contribution is 8.26. The van der Waals surface area contributed by atoms with Gasteiger partial charge < -0.3 is 4.57 Å². The molecule has 0 saturated carbocycles. The number of likely N-dealkylation sites (N-methyl/N-ethyl adjacent to an activating group) is 1. The number of aromatic nitrogens is 1. The number of fused-ring (bicyclic) bond motifs is 1. The molecule has 1 saturated heterocycles. The summed E-state index contributed by atoms with van der Waals surface area (Å²) in [6.07, 6.45) is 4.11. The number of nitrogens with zero attached hydrogens (tertiary/aromatic N) is 2. The number of thioether (sulfide) groups is 1. The SMILES string of the molecule is CCN1C(=O)C(=Cc2cn(Cc3cccc(C)c3)c3ccccc23)SC1=S. The molecule has 0 atom stereocenters. The molecule has 0 N–H and O–H groups in total. The predicted molar refractivity (Wildman–Crippen MR) is 118 cm³/mol. The molecule has 2 aromatic carbocycles. The molecular formula is C22H20N2OS2. The van der Waals surface area contributed by atoms with Gasteiger partial charge in [-0.3, -0.25) is 9.69 Å². The maximum atomic E-state index is 12.6. The first-order valence-corrected chi connectivity index (χ1v) is 10.2. The summed E-state index contributed by atoms with van der Waals surface area (Å²) in [6, 6.07) is 16.9. The summed E-state index contributed by atoms with van der Waals surface area (Å²) >= 11 is 6.72. The van der Waals surface area contributed by atoms with Crippen LogP contribution in [0.15, 0.2) is 59.6 Å². The van der Waals surface area contributed by atoms with Crippen molar-refractivity contribution >= 4 is 51.2 Å². The molecule has 1 aliphatic rings. The summed E-state index contributed by atoms with van der Waals surface area (Å²) in [5, 5.41) is 1.15. The van der Waals surface area contributed by atoms with E-state index in [1.807, 2.05) is 19.1 Å². The smallest absolute Gasteiger partial charge is 0.266 e. The molecule has 1 amide bonds. The Balaban J connectivity index is 1.76. The van der Waals surface area contributed by atoms with Gasteiger partial charge in [0, 0.05) is 35.8 Å². The molecule has 3 nitrogen and oxygen atoms in total. The van der Waals surface area contributed by atoms with Gasteiger partial charge in [-0.1, -0.05) is 72.0 Å². The summed E-state index contributed by atoms with van der Waals surface area (Å²) < 4.78 is 2.88. The summed E-state index contributed by atoms with van der Waals surface area (Å²) in [5.74, 6) is 0.00279. The fourth-order valence-electron chi connectivity index (χ4n) is 3.44. The molecule has 136 valence electrons. The van der Waals surface area contributed by atoms with Gasteiger partial charge in [-0.25, -0.2) is 0 Å². The maximum Gasteiger partial charge on any atom is 0.266 e. The van der Waals surface area contributed by atoms with E-state index in [1.165, 1.54) is 22.9 Å². The van der Waals surface area contributed by atoms with Gasteiger partial charge in [-0.15, -0.1) is 0 Å². The number of aryl methyl sites for hydroxylation is 1. The minimum absolute atomic E-state index is 0.00279. The Morgan fingerprint density at radius 3 is 2.70 bits per heavy atom. The number of rotatable bonds is 4. The van der Waals surface area contributed by atoms with E-state index in [2.05, 4.69) is 60.2 Å². The fraction of sp³-hybridized carbons (Fsp3) is 0.182. The Labute approximate surface area is 168 Å². The molecule has 0 spiro atoms. The molecule has 4 rings (SSSR count). The van der Waals surface area contributed by atoms with Crippen molar-refractivity contribution < 1.29 is 4.79 Å². The van der Waals surface area contributed by atoms with E-state index < -0.39 is 0 Å². The third-order valence-corrected chi connectivity index (χ3v) is 6.11. The van der Waals surface area contributed by atoms with E-state index in [-0.39, 0.29) is 5.91 Å². The zero-order valence-corrected chi connectivity index (χ0v) is 16.9. The topological polar surface area (TPSA) is 25.2 Å². The van der Waals surface area contributed by atoms with Crippen LogP contribution in [0.4, 0.5) is 0 Å². The van der Waals surface area contributed by atoms with E-state index >= 15 is 0 Å². The molecule has 3 aromatic rings. The Bertz CT molecular complexity index is 1080. The molecule has 1 aromatic heterocycles. The van der Waals surface area contributed by atoms with E-state index in [9.17, 15) is 4.79 Å². The maximum absolute atomic E-state index is 12.6. The number of para-hydroxylation sites is 1. The molecule has 0 radical (unpaired) electrons. The lowest BCUT2D eigenvalue weighted by Crippen LogP contribution is -2.27. The first kappa shape index (κ1) is 18.0. The van der Waals surface area contributed by atoms with Gasteiger partial charge in [-0.05, 0) is 31.6 Å². The molecule has 1 fully saturated rings. The van der Waals surface area contributed by atoms with Gasteiger partial charge in [0.1, 0.15) is 4.32 Å². The second-order valence-corrected chi connectivity index (χ2v) is 8.32. The quantitative estimate of drug-likeness (QED) is 0.450. The van der Waals surface area contributed by atoms with Crippen LogP contribution in [-0.2, 0) is 11.3 Å². The number of carbonyl (C=O) groups excluding carboxylic acids is 1. The van der Waals surface area contributed by atoms with Crippen molar-refractivity contribution in [1.29, 1.82) is 0 Å². The molecule has 5 heteroatoms. The van der Waals surface area contributed by atoms with Crippen LogP contribution in [0.5, 0.6) is 0 Å². The van der Waals surface area contributed by atoms with Crippen LogP contribution in [0.1, 0.15) is 23.6 Å². The summed E-state index contributed by atoms with van der Waals surface area (Å²) in [5.41, 5.74) is 4.73. The highest BCUT2D eigenvalue weighted by atomic mass is 32.2. The first-order chi connectivity index (χ1) is 13.1. The Kier molecular flexibility index (Phi) is 4.89.